The average Bonchev–Trinajstić information content (AvgIpc) is 3.17. The molecule has 19 heavy (non-hydrogen) atoms. The molecule has 0 heterocycles. The van der Waals surface area contributed by atoms with Crippen LogP contribution in [0.15, 0.2) is 18.2 Å². The standard InChI is InChI=1S/C16H25NO2/c1-12-4-5-15(19-3)14(10-12)13(2)17-11-16(6-7-16)8-9-18/h4-5,10,13,17-18H,6-9,11H2,1-3H3. The van der Waals surface area contributed by atoms with E-state index < -0.39 is 0 Å². The van der Waals surface area contributed by atoms with E-state index in [2.05, 4.69) is 31.3 Å². The molecule has 3 heteroatoms. The van der Waals surface area contributed by atoms with Gasteiger partial charge in [0.1, 0.15) is 5.75 Å². The fraction of sp³-hybridized carbons (Fsp3) is 0.625. The van der Waals surface area contributed by atoms with Gasteiger partial charge in [0.15, 0.2) is 0 Å². The van der Waals surface area contributed by atoms with Crippen molar-refractivity contribution < 1.29 is 9.84 Å². The van der Waals surface area contributed by atoms with Crippen molar-refractivity contribution in [2.24, 2.45) is 5.41 Å². The Hall–Kier alpha value is -1.06. The lowest BCUT2D eigenvalue weighted by Gasteiger charge is -2.21. The Morgan fingerprint density at radius 2 is 2.16 bits per heavy atom. The highest BCUT2D eigenvalue weighted by atomic mass is 16.5. The fourth-order valence-electron chi connectivity index (χ4n) is 2.60. The van der Waals surface area contributed by atoms with Crippen molar-refractivity contribution in [3.8, 4) is 5.75 Å². The molecule has 0 radical (unpaired) electrons. The first-order chi connectivity index (χ1) is 9.10. The monoisotopic (exact) mass is 263 g/mol. The third-order valence-electron chi connectivity index (χ3n) is 4.23. The van der Waals surface area contributed by atoms with E-state index in [1.165, 1.54) is 24.0 Å². The number of hydrogen-bond acceptors (Lipinski definition) is 3. The van der Waals surface area contributed by atoms with Gasteiger partial charge < -0.3 is 15.2 Å². The molecule has 1 aromatic rings. The predicted molar refractivity (Wildman–Crippen MR) is 77.5 cm³/mol. The van der Waals surface area contributed by atoms with Crippen LogP contribution in [0, 0.1) is 12.3 Å². The SMILES string of the molecule is COc1ccc(C)cc1C(C)NCC1(CCO)CC1. The van der Waals surface area contributed by atoms with Gasteiger partial charge in [-0.05, 0) is 44.6 Å². The van der Waals surface area contributed by atoms with Crippen LogP contribution in [0.3, 0.4) is 0 Å². The van der Waals surface area contributed by atoms with E-state index in [0.29, 0.717) is 12.0 Å². The molecule has 1 fully saturated rings. The van der Waals surface area contributed by atoms with Crippen LogP contribution >= 0.6 is 0 Å². The number of methoxy groups -OCH3 is 1. The largest absolute Gasteiger partial charge is 0.496 e. The Morgan fingerprint density at radius 3 is 2.74 bits per heavy atom. The summed E-state index contributed by atoms with van der Waals surface area (Å²) in [5.41, 5.74) is 2.81. The molecule has 1 unspecified atom stereocenters. The van der Waals surface area contributed by atoms with E-state index in [1.807, 2.05) is 6.07 Å². The van der Waals surface area contributed by atoms with Gasteiger partial charge in [-0.25, -0.2) is 0 Å². The smallest absolute Gasteiger partial charge is 0.123 e. The first-order valence-electron chi connectivity index (χ1n) is 7.09. The van der Waals surface area contributed by atoms with Gasteiger partial charge in [0.05, 0.1) is 7.11 Å². The predicted octanol–water partition coefficient (Wildman–Crippen LogP) is 2.82. The Balaban J connectivity index is 1.99. The minimum absolute atomic E-state index is 0.269. The molecule has 0 aromatic heterocycles. The fourth-order valence-corrected chi connectivity index (χ4v) is 2.60. The lowest BCUT2D eigenvalue weighted by molar-refractivity contribution is 0.242. The van der Waals surface area contributed by atoms with Crippen molar-refractivity contribution in [3.63, 3.8) is 0 Å². The summed E-state index contributed by atoms with van der Waals surface area (Å²) in [4.78, 5) is 0. The van der Waals surface area contributed by atoms with Gasteiger partial charge in [0.2, 0.25) is 0 Å². The molecule has 1 saturated carbocycles. The third-order valence-corrected chi connectivity index (χ3v) is 4.23. The minimum atomic E-state index is 0.269. The van der Waals surface area contributed by atoms with Crippen LogP contribution in [-0.4, -0.2) is 25.4 Å². The lowest BCUT2D eigenvalue weighted by Crippen LogP contribution is -2.27. The van der Waals surface area contributed by atoms with Crippen LogP contribution in [-0.2, 0) is 0 Å². The van der Waals surface area contributed by atoms with Crippen molar-refractivity contribution in [2.45, 2.75) is 39.2 Å². The zero-order chi connectivity index (χ0) is 13.9. The quantitative estimate of drug-likeness (QED) is 0.795. The Bertz CT molecular complexity index is 427. The molecule has 0 amide bonds. The summed E-state index contributed by atoms with van der Waals surface area (Å²) in [6.07, 6.45) is 3.38. The van der Waals surface area contributed by atoms with Crippen LogP contribution in [0.4, 0.5) is 0 Å². The van der Waals surface area contributed by atoms with E-state index in [1.54, 1.807) is 7.11 Å². The first-order valence-corrected chi connectivity index (χ1v) is 7.09. The van der Waals surface area contributed by atoms with Crippen molar-refractivity contribution in [1.82, 2.24) is 5.32 Å². The van der Waals surface area contributed by atoms with Gasteiger partial charge >= 0.3 is 0 Å². The maximum Gasteiger partial charge on any atom is 0.123 e. The Labute approximate surface area is 116 Å². The van der Waals surface area contributed by atoms with E-state index in [0.717, 1.165) is 18.7 Å². The van der Waals surface area contributed by atoms with Gasteiger partial charge in [0, 0.05) is 24.8 Å². The van der Waals surface area contributed by atoms with Crippen LogP contribution < -0.4 is 10.1 Å². The summed E-state index contributed by atoms with van der Waals surface area (Å²) in [6, 6.07) is 6.56. The highest BCUT2D eigenvalue weighted by Gasteiger charge is 2.41. The van der Waals surface area contributed by atoms with Crippen LogP contribution in [0.5, 0.6) is 5.75 Å². The van der Waals surface area contributed by atoms with Gasteiger partial charge in [-0.1, -0.05) is 17.7 Å². The molecule has 2 rings (SSSR count). The molecule has 0 saturated heterocycles. The number of nitrogens with one attached hydrogen (secondary N) is 1. The molecule has 1 aliphatic carbocycles. The highest BCUT2D eigenvalue weighted by molar-refractivity contribution is 5.38. The summed E-state index contributed by atoms with van der Waals surface area (Å²) < 4.78 is 5.44. The zero-order valence-corrected chi connectivity index (χ0v) is 12.2. The molecule has 0 spiro atoms. The second-order valence-electron chi connectivity index (χ2n) is 5.82. The van der Waals surface area contributed by atoms with E-state index in [9.17, 15) is 0 Å². The summed E-state index contributed by atoms with van der Waals surface area (Å²) in [7, 11) is 1.72. The molecule has 1 atom stereocenters. The summed E-state index contributed by atoms with van der Waals surface area (Å²) >= 11 is 0. The second kappa shape index (κ2) is 5.93. The molecule has 2 N–H and O–H groups in total. The summed E-state index contributed by atoms with van der Waals surface area (Å²) in [5.74, 6) is 0.942. The zero-order valence-electron chi connectivity index (χ0n) is 12.2. The van der Waals surface area contributed by atoms with Crippen molar-refractivity contribution in [2.75, 3.05) is 20.3 Å². The van der Waals surface area contributed by atoms with Crippen molar-refractivity contribution >= 4 is 0 Å². The van der Waals surface area contributed by atoms with E-state index in [4.69, 9.17) is 9.84 Å². The number of ether oxygens (including phenoxy) is 1. The van der Waals surface area contributed by atoms with Crippen LogP contribution in [0.25, 0.3) is 0 Å². The Kier molecular flexibility index (Phi) is 4.48. The van der Waals surface area contributed by atoms with Gasteiger partial charge in [-0.3, -0.25) is 0 Å². The van der Waals surface area contributed by atoms with Crippen LogP contribution in [0.2, 0.25) is 0 Å². The third kappa shape index (κ3) is 3.48. The molecular weight excluding hydrogens is 238 g/mol. The average molecular weight is 263 g/mol. The molecule has 1 aliphatic rings. The number of benzene rings is 1. The molecular formula is C16H25NO2. The lowest BCUT2D eigenvalue weighted by atomic mass is 10.0. The Morgan fingerprint density at radius 1 is 1.42 bits per heavy atom. The van der Waals surface area contributed by atoms with Crippen molar-refractivity contribution in [3.05, 3.63) is 29.3 Å². The summed E-state index contributed by atoms with van der Waals surface area (Å²) in [6.45, 7) is 5.55. The number of aliphatic hydroxyl groups excluding tert-OH is 1. The maximum absolute atomic E-state index is 9.09. The van der Waals surface area contributed by atoms with Gasteiger partial charge in [-0.2, -0.15) is 0 Å². The highest BCUT2D eigenvalue weighted by Crippen LogP contribution is 2.48. The number of aliphatic hydroxyl groups is 1. The van der Waals surface area contributed by atoms with Gasteiger partial charge in [-0.15, -0.1) is 0 Å². The van der Waals surface area contributed by atoms with E-state index in [-0.39, 0.29) is 6.04 Å². The maximum atomic E-state index is 9.09. The first kappa shape index (κ1) is 14.4. The molecule has 0 aliphatic heterocycles. The normalized spacial score (nSPS) is 18.1. The number of aryl methyl sites for hydroxylation is 1. The van der Waals surface area contributed by atoms with Crippen molar-refractivity contribution in [1.29, 1.82) is 0 Å². The van der Waals surface area contributed by atoms with Crippen LogP contribution in [0.1, 0.15) is 43.4 Å². The summed E-state index contributed by atoms with van der Waals surface area (Å²) in [5, 5.41) is 12.7. The molecule has 1 aromatic carbocycles. The number of hydrogen-bond donors (Lipinski definition) is 2. The molecule has 0 bridgehead atoms. The topological polar surface area (TPSA) is 41.5 Å². The van der Waals surface area contributed by atoms with Gasteiger partial charge in [0.25, 0.3) is 0 Å². The van der Waals surface area contributed by atoms with E-state index >= 15 is 0 Å². The minimum Gasteiger partial charge on any atom is -0.496 e. The number of rotatable bonds is 7. The second-order valence-corrected chi connectivity index (χ2v) is 5.82. The molecule has 106 valence electrons. The molecule has 3 nitrogen and oxygen atoms in total.